The van der Waals surface area contributed by atoms with Crippen molar-refractivity contribution in [3.8, 4) is 11.5 Å². The summed E-state index contributed by atoms with van der Waals surface area (Å²) in [5.41, 5.74) is 0.385. The van der Waals surface area contributed by atoms with E-state index in [9.17, 15) is 4.79 Å². The molecule has 0 unspecified atom stereocenters. The Hall–Kier alpha value is -2.12. The van der Waals surface area contributed by atoms with Gasteiger partial charge >= 0.3 is 0 Å². The maximum absolute atomic E-state index is 12.0. The zero-order chi connectivity index (χ0) is 15.6. The van der Waals surface area contributed by atoms with Crippen LogP contribution in [0.2, 0.25) is 0 Å². The molecule has 2 aliphatic heterocycles. The van der Waals surface area contributed by atoms with Crippen molar-refractivity contribution in [2.75, 3.05) is 26.4 Å². The Kier molecular flexibility index (Phi) is 3.88. The molecule has 0 spiro atoms. The highest BCUT2D eigenvalue weighted by atomic mass is 16.6. The predicted octanol–water partition coefficient (Wildman–Crippen LogP) is 1.26. The van der Waals surface area contributed by atoms with E-state index in [2.05, 4.69) is 9.97 Å². The van der Waals surface area contributed by atoms with E-state index in [-0.39, 0.29) is 17.8 Å². The van der Waals surface area contributed by atoms with Gasteiger partial charge in [0.1, 0.15) is 12.2 Å². The van der Waals surface area contributed by atoms with Crippen LogP contribution in [0.5, 0.6) is 11.5 Å². The number of aromatic nitrogens is 2. The molecule has 0 bridgehead atoms. The molecular weight excluding hydrogens is 300 g/mol. The molecule has 2 atom stereocenters. The zero-order valence-electron chi connectivity index (χ0n) is 12.6. The Bertz CT molecular complexity index is 748. The van der Waals surface area contributed by atoms with Gasteiger partial charge in [-0.15, -0.1) is 0 Å². The third kappa shape index (κ3) is 3.02. The lowest BCUT2D eigenvalue weighted by molar-refractivity contribution is 0.123. The van der Waals surface area contributed by atoms with Crippen molar-refractivity contribution < 1.29 is 18.9 Å². The predicted molar refractivity (Wildman–Crippen MR) is 82.1 cm³/mol. The minimum absolute atomic E-state index is 0.00313. The second-order valence-electron chi connectivity index (χ2n) is 5.75. The zero-order valence-corrected chi connectivity index (χ0v) is 12.6. The second kappa shape index (κ2) is 6.17. The van der Waals surface area contributed by atoms with Crippen LogP contribution in [0.3, 0.4) is 0 Å². The number of nitrogens with one attached hydrogen (secondary N) is 1. The maximum atomic E-state index is 12.0. The van der Waals surface area contributed by atoms with Gasteiger partial charge in [0.05, 0.1) is 43.7 Å². The van der Waals surface area contributed by atoms with Crippen LogP contribution < -0.4 is 15.0 Å². The van der Waals surface area contributed by atoms with E-state index >= 15 is 0 Å². The first-order valence-corrected chi connectivity index (χ1v) is 7.80. The molecule has 0 aliphatic carbocycles. The Balaban J connectivity index is 1.71. The first-order chi connectivity index (χ1) is 11.3. The Morgan fingerprint density at radius 2 is 1.70 bits per heavy atom. The molecule has 1 aromatic heterocycles. The van der Waals surface area contributed by atoms with Crippen LogP contribution in [-0.2, 0) is 9.47 Å². The summed E-state index contributed by atoms with van der Waals surface area (Å²) >= 11 is 0. The number of fused-ring (bicyclic) bond motifs is 1. The molecule has 7 nitrogen and oxygen atoms in total. The van der Waals surface area contributed by atoms with Gasteiger partial charge < -0.3 is 23.9 Å². The van der Waals surface area contributed by atoms with Gasteiger partial charge in [0.25, 0.3) is 5.56 Å². The Labute approximate surface area is 132 Å². The van der Waals surface area contributed by atoms with Gasteiger partial charge in [0.15, 0.2) is 11.5 Å². The van der Waals surface area contributed by atoms with Gasteiger partial charge in [-0.1, -0.05) is 0 Å². The minimum atomic E-state index is -0.196. The lowest BCUT2D eigenvalue weighted by Crippen LogP contribution is -2.20. The highest BCUT2D eigenvalue weighted by molar-refractivity contribution is 5.81. The smallest absolute Gasteiger partial charge is 0.258 e. The third-order valence-electron chi connectivity index (χ3n) is 4.07. The van der Waals surface area contributed by atoms with Crippen LogP contribution in [0.15, 0.2) is 23.3 Å². The van der Waals surface area contributed by atoms with Crippen LogP contribution in [-0.4, -0.2) is 48.6 Å². The quantitative estimate of drug-likeness (QED) is 0.914. The van der Waals surface area contributed by atoms with Gasteiger partial charge in [-0.05, 0) is 6.07 Å². The minimum Gasteiger partial charge on any atom is -0.484 e. The molecule has 23 heavy (non-hydrogen) atoms. The number of nitrogens with zero attached hydrogens (tertiary/aromatic N) is 1. The number of H-pyrrole nitrogens is 1. The van der Waals surface area contributed by atoms with Crippen LogP contribution in [0, 0.1) is 0 Å². The molecule has 0 amide bonds. The summed E-state index contributed by atoms with van der Waals surface area (Å²) in [4.78, 5) is 18.8. The Morgan fingerprint density at radius 1 is 1.04 bits per heavy atom. The van der Waals surface area contributed by atoms with Crippen LogP contribution in [0.25, 0.3) is 10.9 Å². The third-order valence-corrected chi connectivity index (χ3v) is 4.07. The molecule has 0 saturated carbocycles. The van der Waals surface area contributed by atoms with Gasteiger partial charge in [-0.25, -0.2) is 4.98 Å². The summed E-state index contributed by atoms with van der Waals surface area (Å²) in [5.74, 6) is 1.15. The van der Waals surface area contributed by atoms with Gasteiger partial charge in [0, 0.05) is 18.9 Å². The summed E-state index contributed by atoms with van der Waals surface area (Å²) < 4.78 is 22.7. The molecule has 0 radical (unpaired) electrons. The molecule has 7 heteroatoms. The SMILES string of the molecule is O=c1[nH]cnc2cc(O[C@@H]3CCOC3)c(O[C@@H]3CCOC3)cc12. The van der Waals surface area contributed by atoms with Gasteiger partial charge in [0.2, 0.25) is 0 Å². The van der Waals surface area contributed by atoms with Gasteiger partial charge in [-0.3, -0.25) is 4.79 Å². The number of aromatic amines is 1. The number of rotatable bonds is 4. The normalized spacial score (nSPS) is 24.2. The monoisotopic (exact) mass is 318 g/mol. The van der Waals surface area contributed by atoms with E-state index in [1.807, 2.05) is 0 Å². The van der Waals surface area contributed by atoms with Crippen molar-refractivity contribution in [1.29, 1.82) is 0 Å². The standard InChI is InChI=1S/C16H18N2O5/c19-16-12-5-14(22-10-1-3-20-7-10)15(6-13(12)17-9-18-16)23-11-2-4-21-8-11/h5-6,9-11H,1-4,7-8H2,(H,17,18,19)/t10-,11-/m1/s1. The van der Waals surface area contributed by atoms with Crippen LogP contribution in [0.1, 0.15) is 12.8 Å². The largest absolute Gasteiger partial charge is 0.484 e. The molecule has 4 rings (SSSR count). The average Bonchev–Trinajstić information content (AvgIpc) is 3.22. The van der Waals surface area contributed by atoms with E-state index in [1.165, 1.54) is 6.33 Å². The molecule has 1 aromatic carbocycles. The fourth-order valence-corrected chi connectivity index (χ4v) is 2.83. The molecule has 2 saturated heterocycles. The van der Waals surface area contributed by atoms with E-state index < -0.39 is 0 Å². The molecular formula is C16H18N2O5. The average molecular weight is 318 g/mol. The highest BCUT2D eigenvalue weighted by Gasteiger charge is 2.23. The lowest BCUT2D eigenvalue weighted by Gasteiger charge is -2.19. The molecule has 1 N–H and O–H groups in total. The summed E-state index contributed by atoms with van der Waals surface area (Å²) in [6.45, 7) is 2.50. The van der Waals surface area contributed by atoms with Crippen LogP contribution >= 0.6 is 0 Å². The fourth-order valence-electron chi connectivity index (χ4n) is 2.83. The van der Waals surface area contributed by atoms with E-state index in [4.69, 9.17) is 18.9 Å². The lowest BCUT2D eigenvalue weighted by atomic mass is 10.2. The first-order valence-electron chi connectivity index (χ1n) is 7.80. The molecule has 2 fully saturated rings. The summed E-state index contributed by atoms with van der Waals surface area (Å²) in [6.07, 6.45) is 3.03. The van der Waals surface area contributed by atoms with Crippen molar-refractivity contribution in [2.45, 2.75) is 25.0 Å². The summed E-state index contributed by atoms with van der Waals surface area (Å²) in [7, 11) is 0. The molecule has 122 valence electrons. The molecule has 2 aliphatic rings. The van der Waals surface area contributed by atoms with E-state index in [1.54, 1.807) is 12.1 Å². The number of hydrogen-bond acceptors (Lipinski definition) is 6. The number of ether oxygens (including phenoxy) is 4. The van der Waals surface area contributed by atoms with Crippen molar-refractivity contribution >= 4 is 10.9 Å². The number of hydrogen-bond donors (Lipinski definition) is 1. The maximum Gasteiger partial charge on any atom is 0.258 e. The van der Waals surface area contributed by atoms with E-state index in [0.717, 1.165) is 12.8 Å². The Morgan fingerprint density at radius 3 is 2.30 bits per heavy atom. The van der Waals surface area contributed by atoms with Crippen LogP contribution in [0.4, 0.5) is 0 Å². The first kappa shape index (κ1) is 14.5. The van der Waals surface area contributed by atoms with Crippen molar-refractivity contribution in [3.63, 3.8) is 0 Å². The van der Waals surface area contributed by atoms with Gasteiger partial charge in [-0.2, -0.15) is 0 Å². The van der Waals surface area contributed by atoms with E-state index in [0.29, 0.717) is 48.8 Å². The van der Waals surface area contributed by atoms with Crippen molar-refractivity contribution in [1.82, 2.24) is 9.97 Å². The molecule has 3 heterocycles. The number of benzene rings is 1. The molecule has 2 aromatic rings. The topological polar surface area (TPSA) is 82.7 Å². The van der Waals surface area contributed by atoms with Crippen molar-refractivity contribution in [3.05, 3.63) is 28.8 Å². The summed E-state index contributed by atoms with van der Waals surface area (Å²) in [6, 6.07) is 3.46. The van der Waals surface area contributed by atoms with Crippen molar-refractivity contribution in [2.24, 2.45) is 0 Å². The second-order valence-corrected chi connectivity index (χ2v) is 5.75. The highest BCUT2D eigenvalue weighted by Crippen LogP contribution is 2.34. The fraction of sp³-hybridized carbons (Fsp3) is 0.500. The summed E-state index contributed by atoms with van der Waals surface area (Å²) in [5, 5.41) is 0.483.